The van der Waals surface area contributed by atoms with Crippen molar-refractivity contribution < 1.29 is 14.0 Å². The molecule has 176 valence electrons. The Hall–Kier alpha value is -3.78. The molecule has 5 rings (SSSR count). The second kappa shape index (κ2) is 9.84. The summed E-state index contributed by atoms with van der Waals surface area (Å²) in [6.07, 6.45) is -0.0713. The first-order valence-corrected chi connectivity index (χ1v) is 12.3. The molecule has 3 aromatic carbocycles. The van der Waals surface area contributed by atoms with Gasteiger partial charge in [0, 0.05) is 17.9 Å². The van der Waals surface area contributed by atoms with E-state index in [-0.39, 0.29) is 30.6 Å². The van der Waals surface area contributed by atoms with E-state index in [0.29, 0.717) is 16.8 Å². The topological polar surface area (TPSA) is 74.1 Å². The highest BCUT2D eigenvalue weighted by Gasteiger charge is 2.42. The lowest BCUT2D eigenvalue weighted by molar-refractivity contribution is -0.128. The van der Waals surface area contributed by atoms with Gasteiger partial charge in [-0.05, 0) is 42.3 Å². The van der Waals surface area contributed by atoms with Gasteiger partial charge in [-0.1, -0.05) is 65.9 Å². The zero-order valence-corrected chi connectivity index (χ0v) is 19.9. The van der Waals surface area contributed by atoms with Gasteiger partial charge in [0.2, 0.25) is 5.91 Å². The summed E-state index contributed by atoms with van der Waals surface area (Å²) in [6, 6.07) is 20.9. The van der Waals surface area contributed by atoms with Crippen LogP contribution in [0.4, 0.5) is 10.1 Å². The van der Waals surface area contributed by atoms with Crippen LogP contribution in [0.2, 0.25) is 0 Å². The summed E-state index contributed by atoms with van der Waals surface area (Å²) in [6.45, 7) is 2.29. The number of nitrogens with one attached hydrogen (secondary N) is 1. The zero-order valence-electron chi connectivity index (χ0n) is 19.1. The molecule has 1 N–H and O–H groups in total. The number of rotatable bonds is 6. The van der Waals surface area contributed by atoms with Crippen LogP contribution in [0.25, 0.3) is 0 Å². The van der Waals surface area contributed by atoms with Crippen molar-refractivity contribution in [2.75, 3.05) is 0 Å². The van der Waals surface area contributed by atoms with E-state index in [1.54, 1.807) is 17.0 Å². The molecule has 0 saturated heterocycles. The Kier molecular flexibility index (Phi) is 6.46. The fraction of sp³-hybridized carbons (Fsp3) is 0.185. The lowest BCUT2D eigenvalue weighted by atomic mass is 10.1. The minimum absolute atomic E-state index is 0.0713. The lowest BCUT2D eigenvalue weighted by Gasteiger charge is -2.25. The van der Waals surface area contributed by atoms with Crippen LogP contribution in [0.1, 0.15) is 28.7 Å². The Labute approximate surface area is 207 Å². The number of hydrogen-bond donors (Lipinski definition) is 1. The molecule has 0 spiro atoms. The zero-order chi connectivity index (χ0) is 24.4. The standard InChI is InChI=1S/C27H23FN4O2S/c1-17-6-8-19(9-7-17)16-35-27-31-22-5-3-2-4-21(22)25-30-23(26(34)32(25)27)14-24(33)29-15-18-10-12-20(28)13-11-18/h2-13,23H,14-16H2,1H3,(H,29,33)/t23-/m0/s1. The van der Waals surface area contributed by atoms with Crippen LogP contribution >= 0.6 is 11.8 Å². The van der Waals surface area contributed by atoms with Crippen molar-refractivity contribution in [1.29, 1.82) is 0 Å². The predicted molar refractivity (Wildman–Crippen MR) is 136 cm³/mol. The molecule has 2 aliphatic heterocycles. The van der Waals surface area contributed by atoms with Gasteiger partial charge >= 0.3 is 0 Å². The van der Waals surface area contributed by atoms with Crippen LogP contribution < -0.4 is 5.32 Å². The van der Waals surface area contributed by atoms with Crippen molar-refractivity contribution in [3.05, 3.63) is 101 Å². The van der Waals surface area contributed by atoms with Gasteiger partial charge in [0.05, 0.1) is 12.1 Å². The molecule has 0 aliphatic carbocycles. The number of amidine groups is 2. The molecule has 0 fully saturated rings. The normalized spacial score (nSPS) is 16.3. The smallest absolute Gasteiger partial charge is 0.259 e. The molecular formula is C27H23FN4O2S. The van der Waals surface area contributed by atoms with Crippen LogP contribution in [0.3, 0.4) is 0 Å². The van der Waals surface area contributed by atoms with Crippen molar-refractivity contribution in [2.24, 2.45) is 9.98 Å². The third-order valence-electron chi connectivity index (χ3n) is 5.82. The van der Waals surface area contributed by atoms with Gasteiger partial charge in [-0.2, -0.15) is 0 Å². The fourth-order valence-electron chi connectivity index (χ4n) is 3.91. The van der Waals surface area contributed by atoms with Gasteiger partial charge in [0.15, 0.2) is 5.17 Å². The minimum Gasteiger partial charge on any atom is -0.352 e. The third-order valence-corrected chi connectivity index (χ3v) is 6.83. The van der Waals surface area contributed by atoms with E-state index >= 15 is 0 Å². The van der Waals surface area contributed by atoms with Crippen molar-refractivity contribution in [3.63, 3.8) is 0 Å². The van der Waals surface area contributed by atoms with E-state index in [2.05, 4.69) is 34.6 Å². The summed E-state index contributed by atoms with van der Waals surface area (Å²) < 4.78 is 13.1. The molecule has 0 unspecified atom stereocenters. The number of carbonyl (C=O) groups excluding carboxylic acids is 2. The van der Waals surface area contributed by atoms with Gasteiger partial charge in [-0.15, -0.1) is 0 Å². The molecule has 2 heterocycles. The highest BCUT2D eigenvalue weighted by Crippen LogP contribution is 2.34. The summed E-state index contributed by atoms with van der Waals surface area (Å²) in [4.78, 5) is 36.9. The number of aliphatic imine (C=N–C) groups is 2. The first kappa shape index (κ1) is 23.0. The van der Waals surface area contributed by atoms with Crippen molar-refractivity contribution >= 4 is 40.3 Å². The number of halogens is 1. The van der Waals surface area contributed by atoms with Crippen molar-refractivity contribution in [2.45, 2.75) is 31.7 Å². The molecule has 8 heteroatoms. The van der Waals surface area contributed by atoms with Crippen LogP contribution in [-0.2, 0) is 21.9 Å². The molecule has 0 aromatic heterocycles. The van der Waals surface area contributed by atoms with E-state index < -0.39 is 6.04 Å². The number of amides is 2. The van der Waals surface area contributed by atoms with Gasteiger partial charge in [-0.25, -0.2) is 14.3 Å². The quantitative estimate of drug-likeness (QED) is 0.547. The summed E-state index contributed by atoms with van der Waals surface area (Å²) in [5, 5.41) is 3.35. The maximum absolute atomic E-state index is 13.4. The molecule has 1 atom stereocenters. The van der Waals surface area contributed by atoms with Gasteiger partial charge < -0.3 is 5.32 Å². The van der Waals surface area contributed by atoms with Gasteiger partial charge in [0.1, 0.15) is 17.7 Å². The summed E-state index contributed by atoms with van der Waals surface area (Å²) >= 11 is 1.47. The molecule has 2 amide bonds. The van der Waals surface area contributed by atoms with E-state index in [4.69, 9.17) is 4.99 Å². The molecule has 0 bridgehead atoms. The van der Waals surface area contributed by atoms with E-state index in [9.17, 15) is 14.0 Å². The number of nitrogens with zero attached hydrogens (tertiary/aromatic N) is 3. The maximum atomic E-state index is 13.4. The summed E-state index contributed by atoms with van der Waals surface area (Å²) in [5.74, 6) is 0.296. The summed E-state index contributed by atoms with van der Waals surface area (Å²) in [5.41, 5.74) is 4.62. The second-order valence-electron chi connectivity index (χ2n) is 8.44. The predicted octanol–water partition coefficient (Wildman–Crippen LogP) is 4.73. The average Bonchev–Trinajstić information content (AvgIpc) is 3.19. The number of thioether (sulfide) groups is 1. The Morgan fingerprint density at radius 3 is 2.51 bits per heavy atom. The first-order chi connectivity index (χ1) is 17.0. The Bertz CT molecular complexity index is 1340. The van der Waals surface area contributed by atoms with Crippen molar-refractivity contribution in [3.8, 4) is 0 Å². The number of para-hydroxylation sites is 1. The summed E-state index contributed by atoms with van der Waals surface area (Å²) in [7, 11) is 0. The van der Waals surface area contributed by atoms with Crippen molar-refractivity contribution in [1.82, 2.24) is 10.2 Å². The van der Waals surface area contributed by atoms with E-state index in [1.807, 2.05) is 31.2 Å². The minimum atomic E-state index is -0.824. The molecule has 3 aromatic rings. The van der Waals surface area contributed by atoms with Crippen LogP contribution in [0.15, 0.2) is 82.8 Å². The maximum Gasteiger partial charge on any atom is 0.259 e. The Morgan fingerprint density at radius 1 is 1.03 bits per heavy atom. The highest BCUT2D eigenvalue weighted by atomic mass is 32.2. The number of aryl methyl sites for hydroxylation is 1. The first-order valence-electron chi connectivity index (χ1n) is 11.3. The van der Waals surface area contributed by atoms with Gasteiger partial charge in [0.25, 0.3) is 5.91 Å². The SMILES string of the molecule is Cc1ccc(CSC2=Nc3ccccc3C3=N[C@@H](CC(=O)NCc4ccc(F)cc4)C(=O)N23)cc1. The average molecular weight is 487 g/mol. The fourth-order valence-corrected chi connectivity index (χ4v) is 4.87. The molecule has 2 aliphatic rings. The monoisotopic (exact) mass is 486 g/mol. The van der Waals surface area contributed by atoms with Gasteiger partial charge in [-0.3, -0.25) is 14.6 Å². The Balaban J connectivity index is 1.32. The van der Waals surface area contributed by atoms with E-state index in [0.717, 1.165) is 22.4 Å². The molecule has 6 nitrogen and oxygen atoms in total. The highest BCUT2D eigenvalue weighted by molar-refractivity contribution is 8.13. The second-order valence-corrected chi connectivity index (χ2v) is 9.38. The molecule has 35 heavy (non-hydrogen) atoms. The molecule has 0 saturated carbocycles. The van der Waals surface area contributed by atoms with Crippen LogP contribution in [0.5, 0.6) is 0 Å². The number of hydrogen-bond acceptors (Lipinski definition) is 5. The number of fused-ring (bicyclic) bond motifs is 3. The number of carbonyl (C=O) groups is 2. The molecular weight excluding hydrogens is 463 g/mol. The molecule has 0 radical (unpaired) electrons. The number of benzene rings is 3. The largest absolute Gasteiger partial charge is 0.352 e. The lowest BCUT2D eigenvalue weighted by Crippen LogP contribution is -2.42. The van der Waals surface area contributed by atoms with Crippen LogP contribution in [0, 0.1) is 12.7 Å². The van der Waals surface area contributed by atoms with E-state index in [1.165, 1.54) is 29.5 Å². The third kappa shape index (κ3) is 5.02. The Morgan fingerprint density at radius 2 is 1.74 bits per heavy atom. The van der Waals surface area contributed by atoms with Crippen LogP contribution in [-0.4, -0.2) is 33.8 Å².